The van der Waals surface area contributed by atoms with E-state index in [1.165, 1.54) is 11.3 Å². The number of halogens is 1. The molecule has 7 heteroatoms. The molecule has 0 amide bonds. The zero-order chi connectivity index (χ0) is 18.7. The first-order valence-corrected chi connectivity index (χ1v) is 10.9. The van der Waals surface area contributed by atoms with E-state index in [9.17, 15) is 8.42 Å². The number of allylic oxidation sites excluding steroid dienone is 1. The van der Waals surface area contributed by atoms with Crippen molar-refractivity contribution < 1.29 is 8.42 Å². The highest BCUT2D eigenvalue weighted by Crippen LogP contribution is 2.23. The van der Waals surface area contributed by atoms with Crippen LogP contribution in [-0.4, -0.2) is 13.0 Å². The number of rotatable bonds is 5. The second-order valence-electron chi connectivity index (χ2n) is 5.69. The summed E-state index contributed by atoms with van der Waals surface area (Å²) in [6, 6.07) is 14.5. The molecular formula is C19H17BrN2O2S2. The van der Waals surface area contributed by atoms with Crippen molar-refractivity contribution in [2.45, 2.75) is 18.4 Å². The van der Waals surface area contributed by atoms with Gasteiger partial charge in [-0.25, -0.2) is 0 Å². The fourth-order valence-electron chi connectivity index (χ4n) is 2.43. The Morgan fingerprint density at radius 2 is 1.81 bits per heavy atom. The zero-order valence-corrected chi connectivity index (χ0v) is 17.3. The Morgan fingerprint density at radius 1 is 1.15 bits per heavy atom. The second kappa shape index (κ2) is 7.73. The van der Waals surface area contributed by atoms with Gasteiger partial charge >= 0.3 is 0 Å². The fraction of sp³-hybridized carbons (Fsp3) is 0.105. The summed E-state index contributed by atoms with van der Waals surface area (Å²) in [5, 5.41) is 1.91. The normalized spacial score (nSPS) is 12.3. The highest BCUT2D eigenvalue weighted by atomic mass is 79.9. The van der Waals surface area contributed by atoms with Crippen LogP contribution < -0.4 is 4.80 Å². The van der Waals surface area contributed by atoms with Gasteiger partial charge in [-0.3, -0.25) is 0 Å². The van der Waals surface area contributed by atoms with Gasteiger partial charge in [0.2, 0.25) is 4.80 Å². The van der Waals surface area contributed by atoms with Crippen LogP contribution in [0.25, 0.3) is 11.3 Å². The molecule has 1 heterocycles. The molecular weight excluding hydrogens is 432 g/mol. The summed E-state index contributed by atoms with van der Waals surface area (Å²) in [5.41, 5.74) is 2.89. The van der Waals surface area contributed by atoms with Crippen molar-refractivity contribution >= 4 is 37.3 Å². The monoisotopic (exact) mass is 448 g/mol. The molecule has 4 nitrogen and oxygen atoms in total. The smallest absolute Gasteiger partial charge is 0.285 e. The molecule has 0 bridgehead atoms. The molecule has 0 aliphatic carbocycles. The summed E-state index contributed by atoms with van der Waals surface area (Å²) >= 11 is 4.72. The topological polar surface area (TPSA) is 51.4 Å². The highest BCUT2D eigenvalue weighted by molar-refractivity contribution is 9.10. The molecule has 3 rings (SSSR count). The van der Waals surface area contributed by atoms with E-state index < -0.39 is 10.0 Å². The molecule has 0 atom stereocenters. The molecule has 0 saturated carbocycles. The molecule has 0 saturated heterocycles. The average Bonchev–Trinajstić information content (AvgIpc) is 2.98. The molecule has 0 aliphatic heterocycles. The summed E-state index contributed by atoms with van der Waals surface area (Å²) < 4.78 is 32.2. The Labute approximate surface area is 165 Å². The predicted molar refractivity (Wildman–Crippen MR) is 110 cm³/mol. The summed E-state index contributed by atoms with van der Waals surface area (Å²) in [7, 11) is -3.77. The van der Waals surface area contributed by atoms with Gasteiger partial charge in [0.25, 0.3) is 10.0 Å². The van der Waals surface area contributed by atoms with Gasteiger partial charge in [0, 0.05) is 16.4 Å². The van der Waals surface area contributed by atoms with Gasteiger partial charge < -0.3 is 4.57 Å². The lowest BCUT2D eigenvalue weighted by atomic mass is 10.2. The first-order valence-electron chi connectivity index (χ1n) is 7.83. The first-order chi connectivity index (χ1) is 12.4. The molecule has 0 N–H and O–H groups in total. The highest BCUT2D eigenvalue weighted by Gasteiger charge is 2.14. The van der Waals surface area contributed by atoms with Crippen molar-refractivity contribution in [2.24, 2.45) is 4.40 Å². The second-order valence-corrected chi connectivity index (χ2v) is 9.05. The molecule has 26 heavy (non-hydrogen) atoms. The number of hydrogen-bond donors (Lipinski definition) is 0. The quantitative estimate of drug-likeness (QED) is 0.528. The van der Waals surface area contributed by atoms with Crippen molar-refractivity contribution in [1.29, 1.82) is 0 Å². The van der Waals surface area contributed by atoms with Crippen LogP contribution in [0.5, 0.6) is 0 Å². The minimum atomic E-state index is -3.77. The molecule has 0 spiro atoms. The van der Waals surface area contributed by atoms with Crippen LogP contribution in [0.2, 0.25) is 0 Å². The molecule has 2 aromatic carbocycles. The van der Waals surface area contributed by atoms with Crippen LogP contribution in [0, 0.1) is 6.92 Å². The third-order valence-electron chi connectivity index (χ3n) is 3.77. The minimum Gasteiger partial charge on any atom is -0.312 e. The predicted octanol–water partition coefficient (Wildman–Crippen LogP) is 4.76. The van der Waals surface area contributed by atoms with Crippen molar-refractivity contribution in [2.75, 3.05) is 0 Å². The molecule has 0 aliphatic rings. The Kier molecular flexibility index (Phi) is 5.60. The number of hydrogen-bond acceptors (Lipinski definition) is 3. The maximum atomic E-state index is 12.7. The van der Waals surface area contributed by atoms with Crippen LogP contribution >= 0.6 is 27.3 Å². The minimum absolute atomic E-state index is 0.187. The Hall–Kier alpha value is -1.96. The first kappa shape index (κ1) is 18.8. The molecule has 134 valence electrons. The standard InChI is InChI=1S/C19H17BrN2O2S2/c1-3-12-22-18(15-6-8-16(20)9-7-15)13-25-19(22)21-26(23,24)17-10-4-14(2)5-11-17/h3-11,13H,1,12H2,2H3/b21-19+. The number of nitrogens with zero attached hydrogens (tertiary/aromatic N) is 2. The van der Waals surface area contributed by atoms with E-state index in [0.717, 1.165) is 21.3 Å². The SMILES string of the molecule is C=CCn1c(-c2ccc(Br)cc2)cs/c1=N/S(=O)(=O)c1ccc(C)cc1. The van der Waals surface area contributed by atoms with Gasteiger partial charge in [0.05, 0.1) is 10.6 Å². The van der Waals surface area contributed by atoms with E-state index in [-0.39, 0.29) is 4.90 Å². The zero-order valence-electron chi connectivity index (χ0n) is 14.1. The van der Waals surface area contributed by atoms with Gasteiger partial charge in [-0.15, -0.1) is 22.3 Å². The van der Waals surface area contributed by atoms with Gasteiger partial charge in [0.1, 0.15) is 0 Å². The van der Waals surface area contributed by atoms with E-state index in [1.54, 1.807) is 30.3 Å². The average molecular weight is 449 g/mol. The van der Waals surface area contributed by atoms with Crippen LogP contribution in [0.4, 0.5) is 0 Å². The maximum Gasteiger partial charge on any atom is 0.285 e. The lowest BCUT2D eigenvalue weighted by Gasteiger charge is -2.07. The lowest BCUT2D eigenvalue weighted by Crippen LogP contribution is -2.17. The third-order valence-corrected chi connectivity index (χ3v) is 6.56. The van der Waals surface area contributed by atoms with E-state index in [1.807, 2.05) is 41.1 Å². The van der Waals surface area contributed by atoms with Gasteiger partial charge in [0.15, 0.2) is 0 Å². The van der Waals surface area contributed by atoms with Gasteiger partial charge in [-0.1, -0.05) is 51.8 Å². The Bertz CT molecular complexity index is 1090. The van der Waals surface area contributed by atoms with Gasteiger partial charge in [-0.2, -0.15) is 8.42 Å². The van der Waals surface area contributed by atoms with Crippen molar-refractivity contribution in [3.63, 3.8) is 0 Å². The van der Waals surface area contributed by atoms with Gasteiger partial charge in [-0.05, 0) is 36.8 Å². The number of aromatic nitrogens is 1. The molecule has 0 radical (unpaired) electrons. The fourth-order valence-corrected chi connectivity index (χ4v) is 4.83. The Morgan fingerprint density at radius 3 is 2.42 bits per heavy atom. The summed E-state index contributed by atoms with van der Waals surface area (Å²) in [5.74, 6) is 0. The largest absolute Gasteiger partial charge is 0.312 e. The maximum absolute atomic E-state index is 12.7. The number of thiazole rings is 1. The summed E-state index contributed by atoms with van der Waals surface area (Å²) in [6.07, 6.45) is 1.73. The van der Waals surface area contributed by atoms with Crippen molar-refractivity contribution in [1.82, 2.24) is 4.57 Å². The van der Waals surface area contributed by atoms with Crippen LogP contribution in [-0.2, 0) is 16.6 Å². The summed E-state index contributed by atoms with van der Waals surface area (Å²) in [6.45, 7) is 6.16. The molecule has 3 aromatic rings. The van der Waals surface area contributed by atoms with E-state index in [0.29, 0.717) is 11.3 Å². The van der Waals surface area contributed by atoms with Crippen LogP contribution in [0.15, 0.2) is 80.3 Å². The molecule has 0 unspecified atom stereocenters. The van der Waals surface area contributed by atoms with Crippen molar-refractivity contribution in [3.05, 3.63) is 81.4 Å². The number of aryl methyl sites for hydroxylation is 1. The van der Waals surface area contributed by atoms with E-state index in [4.69, 9.17) is 0 Å². The lowest BCUT2D eigenvalue weighted by molar-refractivity contribution is 0.595. The van der Waals surface area contributed by atoms with E-state index in [2.05, 4.69) is 26.9 Å². The third kappa shape index (κ3) is 4.06. The van der Waals surface area contributed by atoms with Crippen LogP contribution in [0.3, 0.4) is 0 Å². The van der Waals surface area contributed by atoms with E-state index >= 15 is 0 Å². The molecule has 0 fully saturated rings. The van der Waals surface area contributed by atoms with Crippen LogP contribution in [0.1, 0.15) is 5.56 Å². The Balaban J connectivity index is 2.12. The number of benzene rings is 2. The molecule has 1 aromatic heterocycles. The number of sulfonamides is 1. The van der Waals surface area contributed by atoms with Crippen molar-refractivity contribution in [3.8, 4) is 11.3 Å². The summed E-state index contributed by atoms with van der Waals surface area (Å²) in [4.78, 5) is 0.607.